The highest BCUT2D eigenvalue weighted by Crippen LogP contribution is 2.19. The van der Waals surface area contributed by atoms with Crippen LogP contribution in [0.5, 0.6) is 0 Å². The summed E-state index contributed by atoms with van der Waals surface area (Å²) in [6, 6.07) is 0. The molecule has 0 aliphatic carbocycles. The quantitative estimate of drug-likeness (QED) is 0.809. The fraction of sp³-hybridized carbons (Fsp3) is 0.929. The Labute approximate surface area is 118 Å². The van der Waals surface area contributed by atoms with Crippen LogP contribution in [0.25, 0.3) is 0 Å². The van der Waals surface area contributed by atoms with Gasteiger partial charge < -0.3 is 10.2 Å². The van der Waals surface area contributed by atoms with Gasteiger partial charge in [0.25, 0.3) is 0 Å². The molecule has 1 saturated heterocycles. The van der Waals surface area contributed by atoms with Crippen molar-refractivity contribution >= 4 is 18.3 Å². The van der Waals surface area contributed by atoms with Crippen LogP contribution in [-0.4, -0.2) is 37.5 Å². The Morgan fingerprint density at radius 1 is 1.39 bits per heavy atom. The van der Waals surface area contributed by atoms with Gasteiger partial charge in [0, 0.05) is 19.5 Å². The van der Waals surface area contributed by atoms with E-state index in [1.807, 2.05) is 7.05 Å². The molecular weight excluding hydrogens is 248 g/mol. The number of carbonyl (C=O) groups excluding carboxylic acids is 1. The Morgan fingerprint density at radius 3 is 2.61 bits per heavy atom. The molecule has 4 heteroatoms. The van der Waals surface area contributed by atoms with Crippen molar-refractivity contribution in [1.82, 2.24) is 10.2 Å². The second kappa shape index (κ2) is 9.62. The molecule has 1 heterocycles. The van der Waals surface area contributed by atoms with Crippen molar-refractivity contribution in [2.75, 3.05) is 26.7 Å². The molecule has 1 aliphatic heterocycles. The van der Waals surface area contributed by atoms with Gasteiger partial charge in [0.1, 0.15) is 0 Å². The Morgan fingerprint density at radius 2 is 2.06 bits per heavy atom. The predicted octanol–water partition coefficient (Wildman–Crippen LogP) is 2.69. The molecule has 0 aromatic carbocycles. The van der Waals surface area contributed by atoms with Crippen molar-refractivity contribution < 1.29 is 4.79 Å². The molecule has 0 bridgehead atoms. The van der Waals surface area contributed by atoms with E-state index in [1.165, 1.54) is 12.8 Å². The molecule has 1 rings (SSSR count). The van der Waals surface area contributed by atoms with Crippen molar-refractivity contribution in [3.63, 3.8) is 0 Å². The molecule has 18 heavy (non-hydrogen) atoms. The number of amides is 1. The minimum Gasteiger partial charge on any atom is -0.342 e. The highest BCUT2D eigenvalue weighted by Gasteiger charge is 2.24. The largest absolute Gasteiger partial charge is 0.342 e. The Bertz CT molecular complexity index is 230. The zero-order chi connectivity index (χ0) is 12.7. The minimum atomic E-state index is 0. The molecule has 0 spiro atoms. The summed E-state index contributed by atoms with van der Waals surface area (Å²) in [6.45, 7) is 7.33. The maximum Gasteiger partial charge on any atom is 0.222 e. The van der Waals surface area contributed by atoms with Crippen LogP contribution < -0.4 is 5.32 Å². The minimum absolute atomic E-state index is 0. The summed E-state index contributed by atoms with van der Waals surface area (Å²) < 4.78 is 0. The fourth-order valence-corrected chi connectivity index (χ4v) is 2.70. The second-order valence-electron chi connectivity index (χ2n) is 5.29. The maximum atomic E-state index is 12.2. The van der Waals surface area contributed by atoms with E-state index in [0.29, 0.717) is 17.7 Å². The van der Waals surface area contributed by atoms with Crippen LogP contribution in [0.3, 0.4) is 0 Å². The average Bonchev–Trinajstić information content (AvgIpc) is 2.36. The van der Waals surface area contributed by atoms with Gasteiger partial charge in [0.2, 0.25) is 5.91 Å². The third kappa shape index (κ3) is 5.57. The molecule has 1 atom stereocenters. The summed E-state index contributed by atoms with van der Waals surface area (Å²) in [4.78, 5) is 14.3. The fourth-order valence-electron chi connectivity index (χ4n) is 2.70. The monoisotopic (exact) mass is 276 g/mol. The zero-order valence-electron chi connectivity index (χ0n) is 12.1. The first-order valence-corrected chi connectivity index (χ1v) is 7.13. The number of likely N-dealkylation sites (tertiary alicyclic amines) is 1. The molecular formula is C14H29ClN2O. The van der Waals surface area contributed by atoms with Crippen LogP contribution in [0.15, 0.2) is 0 Å². The molecule has 108 valence electrons. The molecule has 1 aliphatic rings. The molecule has 0 aromatic rings. The van der Waals surface area contributed by atoms with E-state index >= 15 is 0 Å². The maximum absolute atomic E-state index is 12.2. The van der Waals surface area contributed by atoms with Crippen molar-refractivity contribution in [2.45, 2.75) is 46.0 Å². The smallest absolute Gasteiger partial charge is 0.222 e. The van der Waals surface area contributed by atoms with Crippen LogP contribution >= 0.6 is 12.4 Å². The number of hydrogen-bond acceptors (Lipinski definition) is 2. The lowest BCUT2D eigenvalue weighted by Crippen LogP contribution is -2.42. The van der Waals surface area contributed by atoms with Gasteiger partial charge in [0.15, 0.2) is 0 Å². The number of nitrogens with one attached hydrogen (secondary N) is 1. The number of piperidine rings is 1. The molecule has 1 unspecified atom stereocenters. The number of rotatable bonds is 6. The molecule has 1 amide bonds. The molecule has 3 nitrogen and oxygen atoms in total. The van der Waals surface area contributed by atoms with Crippen LogP contribution in [-0.2, 0) is 4.79 Å². The van der Waals surface area contributed by atoms with Gasteiger partial charge in [0.05, 0.1) is 0 Å². The highest BCUT2D eigenvalue weighted by molar-refractivity contribution is 5.85. The van der Waals surface area contributed by atoms with Gasteiger partial charge in [-0.1, -0.05) is 26.7 Å². The topological polar surface area (TPSA) is 32.3 Å². The van der Waals surface area contributed by atoms with E-state index in [2.05, 4.69) is 24.1 Å². The van der Waals surface area contributed by atoms with Crippen molar-refractivity contribution in [2.24, 2.45) is 11.8 Å². The molecule has 0 aromatic heterocycles. The summed E-state index contributed by atoms with van der Waals surface area (Å²) in [5, 5.41) is 3.22. The van der Waals surface area contributed by atoms with Gasteiger partial charge in [-0.3, -0.25) is 4.79 Å². The average molecular weight is 277 g/mol. The lowest BCUT2D eigenvalue weighted by Gasteiger charge is -2.33. The predicted molar refractivity (Wildman–Crippen MR) is 79.2 cm³/mol. The van der Waals surface area contributed by atoms with Crippen LogP contribution in [0, 0.1) is 11.8 Å². The Kier molecular flexibility index (Phi) is 9.47. The molecule has 1 N–H and O–H groups in total. The first-order valence-electron chi connectivity index (χ1n) is 7.13. The zero-order valence-corrected chi connectivity index (χ0v) is 12.9. The van der Waals surface area contributed by atoms with Gasteiger partial charge >= 0.3 is 0 Å². The Balaban J connectivity index is 0.00000289. The third-order valence-electron chi connectivity index (χ3n) is 3.98. The van der Waals surface area contributed by atoms with E-state index in [1.54, 1.807) is 0 Å². The van der Waals surface area contributed by atoms with Crippen LogP contribution in [0.2, 0.25) is 0 Å². The first kappa shape index (κ1) is 17.7. The van der Waals surface area contributed by atoms with E-state index in [0.717, 1.165) is 38.9 Å². The van der Waals surface area contributed by atoms with Crippen LogP contribution in [0.1, 0.15) is 46.0 Å². The van der Waals surface area contributed by atoms with Gasteiger partial charge in [-0.25, -0.2) is 0 Å². The standard InChI is InChI=1S/C14H28N2O.ClH/c1-4-12(5-2)9-14(17)16-8-6-7-13(11-16)10-15-3;/h12-13,15H,4-11H2,1-3H3;1H. The van der Waals surface area contributed by atoms with Crippen molar-refractivity contribution in [1.29, 1.82) is 0 Å². The number of nitrogens with zero attached hydrogens (tertiary/aromatic N) is 1. The third-order valence-corrected chi connectivity index (χ3v) is 3.98. The van der Waals surface area contributed by atoms with Gasteiger partial charge in [-0.15, -0.1) is 12.4 Å². The van der Waals surface area contributed by atoms with E-state index < -0.39 is 0 Å². The summed E-state index contributed by atoms with van der Waals surface area (Å²) in [5.74, 6) is 1.60. The molecule has 0 saturated carbocycles. The van der Waals surface area contributed by atoms with Gasteiger partial charge in [-0.2, -0.15) is 0 Å². The van der Waals surface area contributed by atoms with E-state index in [-0.39, 0.29) is 12.4 Å². The van der Waals surface area contributed by atoms with E-state index in [4.69, 9.17) is 0 Å². The lowest BCUT2D eigenvalue weighted by atomic mass is 9.95. The van der Waals surface area contributed by atoms with Gasteiger partial charge in [-0.05, 0) is 38.3 Å². The summed E-state index contributed by atoms with van der Waals surface area (Å²) in [5.41, 5.74) is 0. The lowest BCUT2D eigenvalue weighted by molar-refractivity contribution is -0.134. The number of carbonyl (C=O) groups is 1. The molecule has 0 radical (unpaired) electrons. The first-order chi connectivity index (χ1) is 8.21. The summed E-state index contributed by atoms with van der Waals surface area (Å²) in [6.07, 6.45) is 5.42. The van der Waals surface area contributed by atoms with Crippen LogP contribution in [0.4, 0.5) is 0 Å². The second-order valence-corrected chi connectivity index (χ2v) is 5.29. The molecule has 1 fully saturated rings. The number of halogens is 1. The van der Waals surface area contributed by atoms with Crippen molar-refractivity contribution in [3.8, 4) is 0 Å². The number of hydrogen-bond donors (Lipinski definition) is 1. The SMILES string of the molecule is CCC(CC)CC(=O)N1CCCC(CNC)C1.Cl. The normalized spacial score (nSPS) is 19.8. The van der Waals surface area contributed by atoms with Crippen molar-refractivity contribution in [3.05, 3.63) is 0 Å². The summed E-state index contributed by atoms with van der Waals surface area (Å²) in [7, 11) is 1.99. The Hall–Kier alpha value is -0.280. The van der Waals surface area contributed by atoms with E-state index in [9.17, 15) is 4.79 Å². The summed E-state index contributed by atoms with van der Waals surface area (Å²) >= 11 is 0. The highest BCUT2D eigenvalue weighted by atomic mass is 35.5.